The van der Waals surface area contributed by atoms with E-state index < -0.39 is 14.9 Å². The van der Waals surface area contributed by atoms with E-state index in [1.807, 2.05) is 6.92 Å². The standard InChI is InChI=1S/C11H19N3O4S3/c1-4-19-6-5-8(2)13-21(17,18)10-7-9(14(15)16)11(12-3)20-10/h7-8,12-13H,4-6H2,1-3H3. The number of rotatable bonds is 9. The second-order valence-corrected chi connectivity index (χ2v) is 8.68. The molecular formula is C11H19N3O4S3. The second kappa shape index (κ2) is 7.97. The number of nitrogens with zero attached hydrogens (tertiary/aromatic N) is 1. The normalized spacial score (nSPS) is 13.1. The van der Waals surface area contributed by atoms with E-state index in [0.717, 1.165) is 28.9 Å². The van der Waals surface area contributed by atoms with Crippen molar-refractivity contribution in [3.63, 3.8) is 0 Å². The van der Waals surface area contributed by atoms with Crippen molar-refractivity contribution in [2.24, 2.45) is 0 Å². The predicted molar refractivity (Wildman–Crippen MR) is 87.9 cm³/mol. The first-order valence-electron chi connectivity index (χ1n) is 6.37. The summed E-state index contributed by atoms with van der Waals surface area (Å²) in [6.07, 6.45) is 0.712. The number of sulfonamides is 1. The third-order valence-corrected chi connectivity index (χ3v) is 6.77. The average Bonchev–Trinajstić information content (AvgIpc) is 2.83. The fourth-order valence-electron chi connectivity index (χ4n) is 1.59. The first kappa shape index (κ1) is 18.2. The highest BCUT2D eigenvalue weighted by Crippen LogP contribution is 2.36. The summed E-state index contributed by atoms with van der Waals surface area (Å²) in [7, 11) is -2.21. The lowest BCUT2D eigenvalue weighted by molar-refractivity contribution is -0.383. The monoisotopic (exact) mass is 353 g/mol. The van der Waals surface area contributed by atoms with Crippen LogP contribution in [0.3, 0.4) is 0 Å². The highest BCUT2D eigenvalue weighted by molar-refractivity contribution is 7.99. The van der Waals surface area contributed by atoms with Crippen LogP contribution in [0, 0.1) is 10.1 Å². The minimum absolute atomic E-state index is 0.0476. The lowest BCUT2D eigenvalue weighted by atomic mass is 10.3. The van der Waals surface area contributed by atoms with Crippen molar-refractivity contribution in [1.29, 1.82) is 0 Å². The summed E-state index contributed by atoms with van der Waals surface area (Å²) in [4.78, 5) is 10.3. The minimum atomic E-state index is -3.73. The van der Waals surface area contributed by atoms with Crippen molar-refractivity contribution in [2.75, 3.05) is 23.9 Å². The number of thioether (sulfide) groups is 1. The molecule has 21 heavy (non-hydrogen) atoms. The van der Waals surface area contributed by atoms with Crippen molar-refractivity contribution in [3.8, 4) is 0 Å². The largest absolute Gasteiger partial charge is 0.374 e. The highest BCUT2D eigenvalue weighted by Gasteiger charge is 2.26. The van der Waals surface area contributed by atoms with Gasteiger partial charge in [0, 0.05) is 19.2 Å². The van der Waals surface area contributed by atoms with E-state index in [1.54, 1.807) is 18.7 Å². The van der Waals surface area contributed by atoms with Gasteiger partial charge < -0.3 is 5.32 Å². The molecule has 1 aromatic rings. The Morgan fingerprint density at radius 1 is 1.52 bits per heavy atom. The number of thiophene rings is 1. The number of hydrogen-bond donors (Lipinski definition) is 2. The van der Waals surface area contributed by atoms with E-state index >= 15 is 0 Å². The topological polar surface area (TPSA) is 101 Å². The lowest BCUT2D eigenvalue weighted by Crippen LogP contribution is -2.32. The Kier molecular flexibility index (Phi) is 6.91. The van der Waals surface area contributed by atoms with Gasteiger partial charge >= 0.3 is 5.69 Å². The Labute approximate surface area is 132 Å². The van der Waals surface area contributed by atoms with Crippen molar-refractivity contribution in [3.05, 3.63) is 16.2 Å². The molecule has 1 unspecified atom stereocenters. The Morgan fingerprint density at radius 3 is 2.67 bits per heavy atom. The van der Waals surface area contributed by atoms with Gasteiger partial charge in [-0.05, 0) is 24.9 Å². The minimum Gasteiger partial charge on any atom is -0.374 e. The Hall–Kier alpha value is -0.840. The molecule has 0 aliphatic carbocycles. The molecule has 0 fully saturated rings. The molecule has 0 saturated heterocycles. The zero-order chi connectivity index (χ0) is 16.0. The van der Waals surface area contributed by atoms with Gasteiger partial charge in [-0.25, -0.2) is 13.1 Å². The van der Waals surface area contributed by atoms with Crippen LogP contribution < -0.4 is 10.0 Å². The van der Waals surface area contributed by atoms with E-state index in [-0.39, 0.29) is 20.9 Å². The van der Waals surface area contributed by atoms with Gasteiger partial charge in [-0.1, -0.05) is 18.3 Å². The van der Waals surface area contributed by atoms with Crippen LogP contribution in [0.25, 0.3) is 0 Å². The molecule has 0 saturated carbocycles. The Balaban J connectivity index is 2.85. The number of nitrogens with one attached hydrogen (secondary N) is 2. The summed E-state index contributed by atoms with van der Waals surface area (Å²) < 4.78 is 26.9. The molecule has 10 heteroatoms. The van der Waals surface area contributed by atoms with Gasteiger partial charge in [-0.3, -0.25) is 10.1 Å². The van der Waals surface area contributed by atoms with Gasteiger partial charge in [0.05, 0.1) is 4.92 Å². The summed E-state index contributed by atoms with van der Waals surface area (Å²) in [5, 5.41) is 13.7. The van der Waals surface area contributed by atoms with E-state index in [2.05, 4.69) is 10.0 Å². The van der Waals surface area contributed by atoms with E-state index in [1.165, 1.54) is 7.05 Å². The second-order valence-electron chi connectivity index (χ2n) is 4.29. The summed E-state index contributed by atoms with van der Waals surface area (Å²) in [6.45, 7) is 3.83. The molecule has 1 heterocycles. The van der Waals surface area contributed by atoms with Gasteiger partial charge in [-0.15, -0.1) is 0 Å². The maximum absolute atomic E-state index is 12.2. The lowest BCUT2D eigenvalue weighted by Gasteiger charge is -2.12. The SMILES string of the molecule is CCSCCC(C)NS(=O)(=O)c1cc([N+](=O)[O-])c(NC)s1. The molecule has 0 amide bonds. The van der Waals surface area contributed by atoms with E-state index in [4.69, 9.17) is 0 Å². The first-order chi connectivity index (χ1) is 9.81. The molecule has 7 nitrogen and oxygen atoms in total. The van der Waals surface area contributed by atoms with Crippen LogP contribution in [0.4, 0.5) is 10.7 Å². The summed E-state index contributed by atoms with van der Waals surface area (Å²) in [6, 6.07) is 0.875. The fraction of sp³-hybridized carbons (Fsp3) is 0.636. The molecule has 1 rings (SSSR count). The Bertz CT molecular complexity index is 586. The van der Waals surface area contributed by atoms with Crippen LogP contribution in [0.5, 0.6) is 0 Å². The molecule has 0 radical (unpaired) electrons. The number of nitro groups is 1. The van der Waals surface area contributed by atoms with E-state index in [9.17, 15) is 18.5 Å². The first-order valence-corrected chi connectivity index (χ1v) is 9.83. The van der Waals surface area contributed by atoms with Crippen LogP contribution in [0.1, 0.15) is 20.3 Å². The summed E-state index contributed by atoms with van der Waals surface area (Å²) in [5.74, 6) is 1.86. The van der Waals surface area contributed by atoms with E-state index in [0.29, 0.717) is 6.42 Å². The number of hydrogen-bond acceptors (Lipinski definition) is 7. The molecule has 120 valence electrons. The van der Waals surface area contributed by atoms with Gasteiger partial charge in [0.15, 0.2) is 5.00 Å². The van der Waals surface area contributed by atoms with Crippen molar-refractivity contribution in [2.45, 2.75) is 30.5 Å². The van der Waals surface area contributed by atoms with Gasteiger partial charge in [-0.2, -0.15) is 11.8 Å². The molecule has 1 aromatic heterocycles. The van der Waals surface area contributed by atoms with Crippen LogP contribution in [-0.4, -0.2) is 37.9 Å². The molecule has 1 atom stereocenters. The summed E-state index contributed by atoms with van der Waals surface area (Å²) >= 11 is 2.60. The smallest absolute Gasteiger partial charge is 0.304 e. The van der Waals surface area contributed by atoms with Crippen molar-refractivity contribution in [1.82, 2.24) is 4.72 Å². The molecule has 0 spiro atoms. The van der Waals surface area contributed by atoms with Crippen LogP contribution in [0.2, 0.25) is 0 Å². The van der Waals surface area contributed by atoms with Gasteiger partial charge in [0.1, 0.15) is 4.21 Å². The van der Waals surface area contributed by atoms with Crippen molar-refractivity contribution >= 4 is 43.8 Å². The third-order valence-electron chi connectivity index (χ3n) is 2.63. The van der Waals surface area contributed by atoms with Crippen LogP contribution >= 0.6 is 23.1 Å². The molecule has 0 aromatic carbocycles. The molecular weight excluding hydrogens is 334 g/mol. The van der Waals surface area contributed by atoms with Gasteiger partial charge in [0.25, 0.3) is 10.0 Å². The molecule has 0 bridgehead atoms. The average molecular weight is 353 g/mol. The number of anilines is 1. The zero-order valence-corrected chi connectivity index (χ0v) is 14.5. The quantitative estimate of drug-likeness (QED) is 0.402. The Morgan fingerprint density at radius 2 is 2.19 bits per heavy atom. The maximum atomic E-state index is 12.2. The van der Waals surface area contributed by atoms with Crippen LogP contribution in [-0.2, 0) is 10.0 Å². The molecule has 0 aliphatic heterocycles. The van der Waals surface area contributed by atoms with Gasteiger partial charge in [0.2, 0.25) is 0 Å². The van der Waals surface area contributed by atoms with Crippen LogP contribution in [0.15, 0.2) is 10.3 Å². The summed E-state index contributed by atoms with van der Waals surface area (Å²) in [5.41, 5.74) is -0.225. The fourth-order valence-corrected chi connectivity index (χ4v) is 4.98. The van der Waals surface area contributed by atoms with Crippen molar-refractivity contribution < 1.29 is 13.3 Å². The maximum Gasteiger partial charge on any atom is 0.304 e. The third kappa shape index (κ3) is 5.13. The molecule has 0 aliphatic rings. The predicted octanol–water partition coefficient (Wildman–Crippen LogP) is 2.51. The highest BCUT2D eigenvalue weighted by atomic mass is 32.2. The zero-order valence-electron chi connectivity index (χ0n) is 12.1. The molecule has 2 N–H and O–H groups in total.